The van der Waals surface area contributed by atoms with Crippen molar-refractivity contribution in [1.29, 1.82) is 0 Å². The molecule has 0 bridgehead atoms. The highest BCUT2D eigenvalue weighted by molar-refractivity contribution is 5.99. The minimum atomic E-state index is 0.155. The van der Waals surface area contributed by atoms with Crippen LogP contribution in [0.4, 0.5) is 0 Å². The quantitative estimate of drug-likeness (QED) is 0.865. The number of pyridine rings is 1. The van der Waals surface area contributed by atoms with Crippen molar-refractivity contribution in [3.63, 3.8) is 0 Å². The van der Waals surface area contributed by atoms with E-state index in [1.807, 2.05) is 36.4 Å². The average Bonchev–Trinajstić information content (AvgIpc) is 2.61. The second-order valence-electron chi connectivity index (χ2n) is 5.60. The summed E-state index contributed by atoms with van der Waals surface area (Å²) in [7, 11) is 3.24. The number of hydrogen-bond acceptors (Lipinski definition) is 4. The molecule has 3 rings (SSSR count). The van der Waals surface area contributed by atoms with Gasteiger partial charge in [0.15, 0.2) is 5.78 Å². The van der Waals surface area contributed by atoms with Crippen molar-refractivity contribution in [2.24, 2.45) is 0 Å². The van der Waals surface area contributed by atoms with Crippen molar-refractivity contribution in [2.45, 2.75) is 18.8 Å². The van der Waals surface area contributed by atoms with E-state index in [0.717, 1.165) is 28.9 Å². The van der Waals surface area contributed by atoms with Gasteiger partial charge in [0.1, 0.15) is 5.75 Å². The first-order valence-corrected chi connectivity index (χ1v) is 7.57. The lowest BCUT2D eigenvalue weighted by Gasteiger charge is -2.22. The zero-order chi connectivity index (χ0) is 16.2. The molecule has 1 heterocycles. The van der Waals surface area contributed by atoms with E-state index in [1.165, 1.54) is 0 Å². The van der Waals surface area contributed by atoms with Crippen molar-refractivity contribution >= 4 is 11.4 Å². The van der Waals surface area contributed by atoms with Crippen molar-refractivity contribution in [2.75, 3.05) is 14.2 Å². The maximum atomic E-state index is 12.1. The van der Waals surface area contributed by atoms with Crippen LogP contribution >= 0.6 is 0 Å². The molecule has 23 heavy (non-hydrogen) atoms. The van der Waals surface area contributed by atoms with Crippen LogP contribution in [0.2, 0.25) is 0 Å². The molecule has 0 spiro atoms. The number of nitrogens with zero attached hydrogens (tertiary/aromatic N) is 1. The standard InChI is InChI=1S/C19H19NO3/c1-22-18-6-3-13(4-7-18)15-9-16(11-17(21)10-15)14-5-8-19(23-2)20-12-14/h3-8,11-12,15H,9-10H2,1-2H3/t15-/m1/s1. The minimum Gasteiger partial charge on any atom is -0.497 e. The molecule has 0 saturated heterocycles. The van der Waals surface area contributed by atoms with E-state index in [-0.39, 0.29) is 11.7 Å². The largest absolute Gasteiger partial charge is 0.497 e. The van der Waals surface area contributed by atoms with Crippen LogP contribution in [0.15, 0.2) is 48.7 Å². The van der Waals surface area contributed by atoms with Crippen molar-refractivity contribution < 1.29 is 14.3 Å². The fraction of sp³-hybridized carbons (Fsp3) is 0.263. The third-order valence-corrected chi connectivity index (χ3v) is 4.15. The first-order chi connectivity index (χ1) is 11.2. The van der Waals surface area contributed by atoms with Crippen LogP contribution in [0.1, 0.15) is 29.9 Å². The van der Waals surface area contributed by atoms with Crippen molar-refractivity contribution in [3.05, 3.63) is 59.8 Å². The Morgan fingerprint density at radius 1 is 1.00 bits per heavy atom. The van der Waals surface area contributed by atoms with Crippen LogP contribution < -0.4 is 9.47 Å². The van der Waals surface area contributed by atoms with E-state index >= 15 is 0 Å². The number of carbonyl (C=O) groups is 1. The highest BCUT2D eigenvalue weighted by atomic mass is 16.5. The van der Waals surface area contributed by atoms with E-state index in [0.29, 0.717) is 12.3 Å². The Labute approximate surface area is 135 Å². The topological polar surface area (TPSA) is 48.4 Å². The molecule has 0 radical (unpaired) electrons. The van der Waals surface area contributed by atoms with Gasteiger partial charge >= 0.3 is 0 Å². The van der Waals surface area contributed by atoms with Gasteiger partial charge in [-0.1, -0.05) is 12.1 Å². The zero-order valence-electron chi connectivity index (χ0n) is 13.3. The summed E-state index contributed by atoms with van der Waals surface area (Å²) in [5.41, 5.74) is 3.15. The molecule has 1 aliphatic rings. The van der Waals surface area contributed by atoms with Gasteiger partial charge in [-0.15, -0.1) is 0 Å². The van der Waals surface area contributed by atoms with E-state index in [9.17, 15) is 4.79 Å². The maximum Gasteiger partial charge on any atom is 0.212 e. The molecular weight excluding hydrogens is 290 g/mol. The van der Waals surface area contributed by atoms with Gasteiger partial charge in [-0.3, -0.25) is 4.79 Å². The fourth-order valence-electron chi connectivity index (χ4n) is 2.90. The first kappa shape index (κ1) is 15.3. The molecule has 1 aromatic carbocycles. The smallest absolute Gasteiger partial charge is 0.212 e. The van der Waals surface area contributed by atoms with Crippen LogP contribution in [0, 0.1) is 0 Å². The normalized spacial score (nSPS) is 17.6. The molecule has 0 fully saturated rings. The van der Waals surface area contributed by atoms with Gasteiger partial charge in [0.05, 0.1) is 14.2 Å². The summed E-state index contributed by atoms with van der Waals surface area (Å²) >= 11 is 0. The van der Waals surface area contributed by atoms with Gasteiger partial charge in [0, 0.05) is 18.7 Å². The maximum absolute atomic E-state index is 12.1. The zero-order valence-corrected chi connectivity index (χ0v) is 13.3. The molecule has 2 aromatic rings. The predicted molar refractivity (Wildman–Crippen MR) is 88.7 cm³/mol. The molecule has 4 heteroatoms. The monoisotopic (exact) mass is 309 g/mol. The third kappa shape index (κ3) is 3.42. The molecule has 4 nitrogen and oxygen atoms in total. The Morgan fingerprint density at radius 2 is 1.78 bits per heavy atom. The number of carbonyl (C=O) groups excluding carboxylic acids is 1. The summed E-state index contributed by atoms with van der Waals surface area (Å²) in [4.78, 5) is 16.4. The van der Waals surface area contributed by atoms with Crippen LogP contribution in [-0.2, 0) is 4.79 Å². The summed E-state index contributed by atoms with van der Waals surface area (Å²) in [5.74, 6) is 1.74. The number of rotatable bonds is 4. The Hall–Kier alpha value is -2.62. The number of ketones is 1. The van der Waals surface area contributed by atoms with Gasteiger partial charge in [-0.2, -0.15) is 0 Å². The molecule has 1 aromatic heterocycles. The molecule has 0 unspecified atom stereocenters. The second-order valence-corrected chi connectivity index (χ2v) is 5.60. The first-order valence-electron chi connectivity index (χ1n) is 7.57. The third-order valence-electron chi connectivity index (χ3n) is 4.15. The number of allylic oxidation sites excluding steroid dienone is 2. The molecule has 118 valence electrons. The Bertz CT molecular complexity index is 717. The van der Waals surface area contributed by atoms with Crippen molar-refractivity contribution in [1.82, 2.24) is 4.98 Å². The summed E-state index contributed by atoms with van der Waals surface area (Å²) < 4.78 is 10.3. The summed E-state index contributed by atoms with van der Waals surface area (Å²) in [5, 5.41) is 0. The molecule has 0 amide bonds. The number of methoxy groups -OCH3 is 2. The molecule has 0 aliphatic heterocycles. The number of benzene rings is 1. The fourth-order valence-corrected chi connectivity index (χ4v) is 2.90. The Balaban J connectivity index is 1.83. The highest BCUT2D eigenvalue weighted by Gasteiger charge is 2.23. The van der Waals surface area contributed by atoms with Gasteiger partial charge < -0.3 is 9.47 Å². The molecule has 0 saturated carbocycles. The summed E-state index contributed by atoms with van der Waals surface area (Å²) in [6.07, 6.45) is 4.86. The molecule has 0 N–H and O–H groups in total. The van der Waals surface area contributed by atoms with Gasteiger partial charge in [-0.05, 0) is 53.3 Å². The lowest BCUT2D eigenvalue weighted by atomic mass is 9.81. The van der Waals surface area contributed by atoms with Gasteiger partial charge in [0.2, 0.25) is 5.88 Å². The van der Waals surface area contributed by atoms with Crippen LogP contribution in [0.5, 0.6) is 11.6 Å². The van der Waals surface area contributed by atoms with Gasteiger partial charge in [0.25, 0.3) is 0 Å². The van der Waals surface area contributed by atoms with Crippen LogP contribution in [0.25, 0.3) is 5.57 Å². The second kappa shape index (κ2) is 6.65. The van der Waals surface area contributed by atoms with E-state index in [4.69, 9.17) is 9.47 Å². The van der Waals surface area contributed by atoms with Crippen LogP contribution in [-0.4, -0.2) is 25.0 Å². The van der Waals surface area contributed by atoms with E-state index in [1.54, 1.807) is 26.5 Å². The highest BCUT2D eigenvalue weighted by Crippen LogP contribution is 2.36. The number of hydrogen-bond donors (Lipinski definition) is 0. The van der Waals surface area contributed by atoms with E-state index < -0.39 is 0 Å². The van der Waals surface area contributed by atoms with E-state index in [2.05, 4.69) is 4.98 Å². The molecule has 1 atom stereocenters. The van der Waals surface area contributed by atoms with Gasteiger partial charge in [-0.25, -0.2) is 4.98 Å². The lowest BCUT2D eigenvalue weighted by Crippen LogP contribution is -2.12. The molecule has 1 aliphatic carbocycles. The average molecular weight is 309 g/mol. The molecular formula is C19H19NO3. The van der Waals surface area contributed by atoms with Crippen LogP contribution in [0.3, 0.4) is 0 Å². The minimum absolute atomic E-state index is 0.155. The summed E-state index contributed by atoms with van der Waals surface area (Å²) in [6.45, 7) is 0. The SMILES string of the molecule is COc1ccc([C@H]2CC(=O)C=C(c3ccc(OC)nc3)C2)cc1. The number of ether oxygens (including phenoxy) is 2. The number of aromatic nitrogens is 1. The van der Waals surface area contributed by atoms with Crippen molar-refractivity contribution in [3.8, 4) is 11.6 Å². The Morgan fingerprint density at radius 3 is 2.39 bits per heavy atom. The lowest BCUT2D eigenvalue weighted by molar-refractivity contribution is -0.115. The Kier molecular flexibility index (Phi) is 4.42. The summed E-state index contributed by atoms with van der Waals surface area (Å²) in [6, 6.07) is 11.7. The predicted octanol–water partition coefficient (Wildman–Crippen LogP) is 3.63.